The zero-order valence-corrected chi connectivity index (χ0v) is 16.3. The van der Waals surface area contributed by atoms with E-state index in [9.17, 15) is 4.79 Å². The van der Waals surface area contributed by atoms with Gasteiger partial charge < -0.3 is 11.1 Å². The third-order valence-electron chi connectivity index (χ3n) is 5.50. The van der Waals surface area contributed by atoms with Crippen molar-refractivity contribution in [1.29, 1.82) is 0 Å². The second-order valence-corrected chi connectivity index (χ2v) is 7.71. The molecule has 3 N–H and O–H groups in total. The van der Waals surface area contributed by atoms with Crippen molar-refractivity contribution in [2.45, 2.75) is 51.2 Å². The maximum Gasteiger partial charge on any atom is 0.244 e. The zero-order chi connectivity index (χ0) is 19.1. The van der Waals surface area contributed by atoms with E-state index < -0.39 is 5.54 Å². The van der Waals surface area contributed by atoms with Crippen LogP contribution in [0.3, 0.4) is 0 Å². The molecule has 4 heteroatoms. The maximum absolute atomic E-state index is 12.7. The fraction of sp³-hybridized carbons (Fsp3) is 0.435. The summed E-state index contributed by atoms with van der Waals surface area (Å²) in [6, 6.07) is 17.9. The Morgan fingerprint density at radius 1 is 0.963 bits per heavy atom. The van der Waals surface area contributed by atoms with Crippen LogP contribution >= 0.6 is 0 Å². The summed E-state index contributed by atoms with van der Waals surface area (Å²) < 4.78 is 0. The van der Waals surface area contributed by atoms with Crippen LogP contribution in [-0.4, -0.2) is 23.9 Å². The summed E-state index contributed by atoms with van der Waals surface area (Å²) in [5, 5.41) is 3.05. The van der Waals surface area contributed by atoms with Crippen LogP contribution in [0, 0.1) is 0 Å². The topological polar surface area (TPSA) is 58.4 Å². The first kappa shape index (κ1) is 19.6. The van der Waals surface area contributed by atoms with Gasteiger partial charge in [-0.05, 0) is 49.5 Å². The molecule has 1 amide bonds. The Hall–Kier alpha value is -2.17. The Labute approximate surface area is 162 Å². The number of nitrogens with zero attached hydrogens (tertiary/aromatic N) is 1. The summed E-state index contributed by atoms with van der Waals surface area (Å²) in [6.07, 6.45) is 5.23. The van der Waals surface area contributed by atoms with Gasteiger partial charge in [0.25, 0.3) is 0 Å². The molecule has 0 aliphatic carbocycles. The molecule has 0 aromatic heterocycles. The molecule has 1 fully saturated rings. The van der Waals surface area contributed by atoms with Gasteiger partial charge in [0.05, 0.1) is 0 Å². The Morgan fingerprint density at radius 3 is 2.22 bits per heavy atom. The van der Waals surface area contributed by atoms with Crippen molar-refractivity contribution in [2.75, 3.05) is 13.1 Å². The van der Waals surface area contributed by atoms with E-state index in [0.717, 1.165) is 25.2 Å². The quantitative estimate of drug-likeness (QED) is 0.823. The number of benzene rings is 2. The van der Waals surface area contributed by atoms with E-state index in [2.05, 4.69) is 28.4 Å². The molecule has 0 saturated carbocycles. The smallest absolute Gasteiger partial charge is 0.244 e. The van der Waals surface area contributed by atoms with E-state index in [1.54, 1.807) is 6.92 Å². The fourth-order valence-electron chi connectivity index (χ4n) is 3.69. The summed E-state index contributed by atoms with van der Waals surface area (Å²) in [4.78, 5) is 15.3. The number of carbonyl (C=O) groups is 1. The highest BCUT2D eigenvalue weighted by Crippen LogP contribution is 2.19. The summed E-state index contributed by atoms with van der Waals surface area (Å²) in [5.74, 6) is -0.154. The highest BCUT2D eigenvalue weighted by molar-refractivity contribution is 5.86. The van der Waals surface area contributed by atoms with Crippen LogP contribution in [0.5, 0.6) is 0 Å². The molecule has 3 rings (SSSR count). The molecule has 1 atom stereocenters. The number of likely N-dealkylation sites (tertiary alicyclic amines) is 1. The molecule has 2 aromatic carbocycles. The van der Waals surface area contributed by atoms with Gasteiger partial charge in [0.2, 0.25) is 5.91 Å². The van der Waals surface area contributed by atoms with Crippen molar-refractivity contribution in [1.82, 2.24) is 10.2 Å². The van der Waals surface area contributed by atoms with E-state index in [0.29, 0.717) is 6.54 Å². The molecule has 1 aliphatic rings. The molecular formula is C23H31N3O. The predicted octanol–water partition coefficient (Wildman–Crippen LogP) is 3.55. The number of carbonyl (C=O) groups excluding carboxylic acids is 1. The summed E-state index contributed by atoms with van der Waals surface area (Å²) in [7, 11) is 0. The Balaban J connectivity index is 1.65. The van der Waals surface area contributed by atoms with Crippen molar-refractivity contribution in [3.63, 3.8) is 0 Å². The van der Waals surface area contributed by atoms with Gasteiger partial charge in [-0.1, -0.05) is 67.4 Å². The average molecular weight is 366 g/mol. The molecule has 0 radical (unpaired) electrons. The van der Waals surface area contributed by atoms with Gasteiger partial charge in [-0.15, -0.1) is 0 Å². The standard InChI is InChI=1S/C23H31N3O/c1-23(24,21-13-5-4-6-14-21)22(27)25-17-19-11-7-8-12-20(19)18-26-15-9-2-3-10-16-26/h4-8,11-14H,2-3,9-10,15-18,24H2,1H3,(H,25,27). The lowest BCUT2D eigenvalue weighted by Gasteiger charge is -2.25. The SMILES string of the molecule is CC(N)(C(=O)NCc1ccccc1CN1CCCCCC1)c1ccccc1. The number of hydrogen-bond acceptors (Lipinski definition) is 3. The zero-order valence-electron chi connectivity index (χ0n) is 16.3. The first-order valence-electron chi connectivity index (χ1n) is 9.99. The summed E-state index contributed by atoms with van der Waals surface area (Å²) in [6.45, 7) is 5.54. The molecule has 1 heterocycles. The minimum atomic E-state index is -1.04. The van der Waals surface area contributed by atoms with Crippen LogP contribution < -0.4 is 11.1 Å². The number of nitrogens with one attached hydrogen (secondary N) is 1. The molecular weight excluding hydrogens is 334 g/mol. The lowest BCUT2D eigenvalue weighted by Crippen LogP contribution is -2.48. The van der Waals surface area contributed by atoms with E-state index in [1.165, 1.54) is 36.8 Å². The van der Waals surface area contributed by atoms with Crippen molar-refractivity contribution in [3.05, 3.63) is 71.3 Å². The maximum atomic E-state index is 12.7. The van der Waals surface area contributed by atoms with Gasteiger partial charge in [0, 0.05) is 13.1 Å². The lowest BCUT2D eigenvalue weighted by molar-refractivity contribution is -0.126. The molecule has 1 saturated heterocycles. The highest BCUT2D eigenvalue weighted by atomic mass is 16.2. The van der Waals surface area contributed by atoms with Crippen molar-refractivity contribution in [3.8, 4) is 0 Å². The van der Waals surface area contributed by atoms with E-state index >= 15 is 0 Å². The normalized spacial score (nSPS) is 17.7. The molecule has 27 heavy (non-hydrogen) atoms. The second-order valence-electron chi connectivity index (χ2n) is 7.71. The van der Waals surface area contributed by atoms with E-state index in [4.69, 9.17) is 5.73 Å². The van der Waals surface area contributed by atoms with Crippen molar-refractivity contribution >= 4 is 5.91 Å². The second kappa shape index (κ2) is 9.16. The third kappa shape index (κ3) is 5.18. The van der Waals surface area contributed by atoms with Gasteiger partial charge in [0.1, 0.15) is 5.54 Å². The molecule has 0 spiro atoms. The van der Waals surface area contributed by atoms with Crippen LogP contribution in [-0.2, 0) is 23.4 Å². The molecule has 1 aliphatic heterocycles. The largest absolute Gasteiger partial charge is 0.350 e. The summed E-state index contributed by atoms with van der Waals surface area (Å²) >= 11 is 0. The van der Waals surface area contributed by atoms with Crippen LogP contribution in [0.25, 0.3) is 0 Å². The van der Waals surface area contributed by atoms with Crippen LogP contribution in [0.4, 0.5) is 0 Å². The molecule has 2 aromatic rings. The van der Waals surface area contributed by atoms with E-state index in [-0.39, 0.29) is 5.91 Å². The summed E-state index contributed by atoms with van der Waals surface area (Å²) in [5.41, 5.74) is 8.57. The van der Waals surface area contributed by atoms with Crippen LogP contribution in [0.2, 0.25) is 0 Å². The predicted molar refractivity (Wildman–Crippen MR) is 110 cm³/mol. The monoisotopic (exact) mass is 365 g/mol. The fourth-order valence-corrected chi connectivity index (χ4v) is 3.69. The van der Waals surface area contributed by atoms with Crippen molar-refractivity contribution < 1.29 is 4.79 Å². The Bertz CT molecular complexity index is 734. The van der Waals surface area contributed by atoms with Gasteiger partial charge in [-0.3, -0.25) is 9.69 Å². The van der Waals surface area contributed by atoms with Gasteiger partial charge in [-0.2, -0.15) is 0 Å². The minimum absolute atomic E-state index is 0.154. The van der Waals surface area contributed by atoms with E-state index in [1.807, 2.05) is 36.4 Å². The molecule has 4 nitrogen and oxygen atoms in total. The van der Waals surface area contributed by atoms with Gasteiger partial charge >= 0.3 is 0 Å². The number of amides is 1. The highest BCUT2D eigenvalue weighted by Gasteiger charge is 2.30. The molecule has 1 unspecified atom stereocenters. The van der Waals surface area contributed by atoms with Gasteiger partial charge in [-0.25, -0.2) is 0 Å². The van der Waals surface area contributed by atoms with Gasteiger partial charge in [0.15, 0.2) is 0 Å². The lowest BCUT2D eigenvalue weighted by atomic mass is 9.92. The van der Waals surface area contributed by atoms with Crippen LogP contribution in [0.1, 0.15) is 49.3 Å². The first-order chi connectivity index (χ1) is 13.1. The average Bonchev–Trinajstić information content (AvgIpc) is 2.96. The van der Waals surface area contributed by atoms with Crippen molar-refractivity contribution in [2.24, 2.45) is 5.73 Å². The number of hydrogen-bond donors (Lipinski definition) is 2. The Kier molecular flexibility index (Phi) is 6.64. The Morgan fingerprint density at radius 2 is 1.56 bits per heavy atom. The third-order valence-corrected chi connectivity index (χ3v) is 5.50. The van der Waals surface area contributed by atoms with Crippen LogP contribution in [0.15, 0.2) is 54.6 Å². The molecule has 144 valence electrons. The first-order valence-corrected chi connectivity index (χ1v) is 9.99. The minimum Gasteiger partial charge on any atom is -0.350 e. The molecule has 0 bridgehead atoms. The number of rotatable bonds is 6. The number of nitrogens with two attached hydrogens (primary N) is 1.